The fraction of sp³-hybridized carbons (Fsp3) is 0.571. The Morgan fingerprint density at radius 1 is 1.25 bits per heavy atom. The Morgan fingerprint density at radius 2 is 2.04 bits per heavy atom. The number of likely N-dealkylation sites (tertiary alicyclic amines) is 1. The molecule has 2 fully saturated rings. The molecular weight excluding hydrogens is 356 g/mol. The van der Waals surface area contributed by atoms with Crippen LogP contribution in [0, 0.1) is 0 Å². The van der Waals surface area contributed by atoms with Crippen LogP contribution >= 0.6 is 0 Å². The van der Waals surface area contributed by atoms with Crippen LogP contribution in [0.2, 0.25) is 0 Å². The smallest absolute Gasteiger partial charge is 0.324 e. The van der Waals surface area contributed by atoms with E-state index in [9.17, 15) is 14.4 Å². The predicted octanol–water partition coefficient (Wildman–Crippen LogP) is 1.53. The van der Waals surface area contributed by atoms with E-state index in [-0.39, 0.29) is 24.3 Å². The average Bonchev–Trinajstić information content (AvgIpc) is 3.27. The highest BCUT2D eigenvalue weighted by Crippen LogP contribution is 2.16. The zero-order chi connectivity index (χ0) is 19.9. The molecule has 0 unspecified atom stereocenters. The topological polar surface area (TPSA) is 81.8 Å². The van der Waals surface area contributed by atoms with Crippen LogP contribution in [0.1, 0.15) is 38.2 Å². The third-order valence-electron chi connectivity index (χ3n) is 5.67. The number of likely N-dealkylation sites (N-methyl/N-ethyl adjacent to an activating group) is 1. The van der Waals surface area contributed by atoms with Gasteiger partial charge in [0.15, 0.2) is 0 Å². The molecular formula is C21H30N4O3. The van der Waals surface area contributed by atoms with Gasteiger partial charge in [-0.3, -0.25) is 19.4 Å². The number of carbonyl (C=O) groups is 3. The van der Waals surface area contributed by atoms with Gasteiger partial charge in [-0.05, 0) is 44.3 Å². The molecule has 0 bridgehead atoms. The largest absolute Gasteiger partial charge is 0.355 e. The molecule has 0 radical (unpaired) electrons. The van der Waals surface area contributed by atoms with Crippen molar-refractivity contribution in [2.75, 3.05) is 26.2 Å². The first-order valence-corrected chi connectivity index (χ1v) is 10.2. The number of nitrogens with one attached hydrogen (secondary N) is 2. The fourth-order valence-corrected chi connectivity index (χ4v) is 4.01. The van der Waals surface area contributed by atoms with E-state index in [1.165, 1.54) is 11.3 Å². The SMILES string of the molecule is CCN1CCC[C@@H]1CNC(=O)CC[C@H]1NC(=O)N(CCc2ccccc2)C1=O. The monoisotopic (exact) mass is 386 g/mol. The van der Waals surface area contributed by atoms with Crippen molar-refractivity contribution < 1.29 is 14.4 Å². The first kappa shape index (κ1) is 20.3. The Kier molecular flexibility index (Phi) is 7.03. The minimum Gasteiger partial charge on any atom is -0.355 e. The maximum absolute atomic E-state index is 12.5. The summed E-state index contributed by atoms with van der Waals surface area (Å²) >= 11 is 0. The lowest BCUT2D eigenvalue weighted by Crippen LogP contribution is -2.40. The third-order valence-corrected chi connectivity index (χ3v) is 5.67. The van der Waals surface area contributed by atoms with Crippen molar-refractivity contribution in [1.29, 1.82) is 0 Å². The normalized spacial score (nSPS) is 22.5. The summed E-state index contributed by atoms with van der Waals surface area (Å²) in [6.45, 7) is 5.24. The Labute approximate surface area is 166 Å². The molecule has 7 heteroatoms. The van der Waals surface area contributed by atoms with Gasteiger partial charge in [-0.15, -0.1) is 0 Å². The number of rotatable bonds is 9. The molecule has 2 saturated heterocycles. The van der Waals surface area contributed by atoms with Gasteiger partial charge >= 0.3 is 6.03 Å². The van der Waals surface area contributed by atoms with Gasteiger partial charge in [-0.1, -0.05) is 37.3 Å². The van der Waals surface area contributed by atoms with Crippen molar-refractivity contribution in [2.45, 2.75) is 51.1 Å². The van der Waals surface area contributed by atoms with E-state index < -0.39 is 6.04 Å². The summed E-state index contributed by atoms with van der Waals surface area (Å²) in [4.78, 5) is 40.4. The van der Waals surface area contributed by atoms with E-state index >= 15 is 0 Å². The molecule has 2 atom stereocenters. The molecule has 152 valence electrons. The summed E-state index contributed by atoms with van der Waals surface area (Å²) in [7, 11) is 0. The van der Waals surface area contributed by atoms with Gasteiger partial charge in [0, 0.05) is 25.6 Å². The van der Waals surface area contributed by atoms with E-state index in [1.54, 1.807) is 0 Å². The van der Waals surface area contributed by atoms with Crippen LogP contribution < -0.4 is 10.6 Å². The second kappa shape index (κ2) is 9.68. The molecule has 3 rings (SSSR count). The third kappa shape index (κ3) is 5.10. The molecule has 1 aromatic rings. The van der Waals surface area contributed by atoms with Crippen molar-refractivity contribution in [3.63, 3.8) is 0 Å². The van der Waals surface area contributed by atoms with E-state index in [1.807, 2.05) is 30.3 Å². The van der Waals surface area contributed by atoms with E-state index in [2.05, 4.69) is 22.5 Å². The zero-order valence-electron chi connectivity index (χ0n) is 16.5. The molecule has 1 aromatic carbocycles. The molecule has 0 spiro atoms. The average molecular weight is 386 g/mol. The maximum Gasteiger partial charge on any atom is 0.324 e. The molecule has 4 amide bonds. The standard InChI is InChI=1S/C21H30N4O3/c1-2-24-13-6-9-17(24)15-22-19(26)11-10-18-20(27)25(21(28)23-18)14-12-16-7-4-3-5-8-16/h3-5,7-8,17-18H,2,6,9-15H2,1H3,(H,22,26)(H,23,28)/t17-,18-/m1/s1. The van der Waals surface area contributed by atoms with Gasteiger partial charge < -0.3 is 10.6 Å². The number of imide groups is 1. The highest BCUT2D eigenvalue weighted by Gasteiger charge is 2.37. The predicted molar refractivity (Wildman–Crippen MR) is 107 cm³/mol. The van der Waals surface area contributed by atoms with Gasteiger partial charge in [0.1, 0.15) is 6.04 Å². The van der Waals surface area contributed by atoms with E-state index in [0.717, 1.165) is 25.1 Å². The summed E-state index contributed by atoms with van der Waals surface area (Å²) in [5.41, 5.74) is 1.08. The van der Waals surface area contributed by atoms with Gasteiger partial charge in [0.2, 0.25) is 5.91 Å². The van der Waals surface area contributed by atoms with E-state index in [4.69, 9.17) is 0 Å². The Morgan fingerprint density at radius 3 is 2.79 bits per heavy atom. The lowest BCUT2D eigenvalue weighted by Gasteiger charge is -2.22. The van der Waals surface area contributed by atoms with Crippen LogP contribution in [0.4, 0.5) is 4.79 Å². The quantitative estimate of drug-likeness (QED) is 0.631. The second-order valence-electron chi connectivity index (χ2n) is 7.49. The lowest BCUT2D eigenvalue weighted by molar-refractivity contribution is -0.127. The second-order valence-corrected chi connectivity index (χ2v) is 7.49. The molecule has 7 nitrogen and oxygen atoms in total. The Bertz CT molecular complexity index is 694. The van der Waals surface area contributed by atoms with Crippen molar-refractivity contribution in [1.82, 2.24) is 20.4 Å². The van der Waals surface area contributed by atoms with Crippen LogP contribution in [0.3, 0.4) is 0 Å². The van der Waals surface area contributed by atoms with Crippen LogP contribution in [-0.2, 0) is 16.0 Å². The van der Waals surface area contributed by atoms with Gasteiger partial charge in [-0.2, -0.15) is 0 Å². The van der Waals surface area contributed by atoms with Crippen LogP contribution in [0.5, 0.6) is 0 Å². The van der Waals surface area contributed by atoms with Gasteiger partial charge in [0.05, 0.1) is 0 Å². The first-order valence-electron chi connectivity index (χ1n) is 10.2. The minimum absolute atomic E-state index is 0.0623. The molecule has 28 heavy (non-hydrogen) atoms. The van der Waals surface area contributed by atoms with Crippen molar-refractivity contribution >= 4 is 17.8 Å². The number of benzene rings is 1. The van der Waals surface area contributed by atoms with Crippen molar-refractivity contribution in [2.24, 2.45) is 0 Å². The molecule has 2 N–H and O–H groups in total. The molecule has 0 aromatic heterocycles. The molecule has 2 aliphatic heterocycles. The highest BCUT2D eigenvalue weighted by molar-refractivity contribution is 6.04. The van der Waals surface area contributed by atoms with Crippen LogP contribution in [-0.4, -0.2) is 65.9 Å². The number of amides is 4. The van der Waals surface area contributed by atoms with E-state index in [0.29, 0.717) is 32.0 Å². The lowest BCUT2D eigenvalue weighted by atomic mass is 10.1. The number of urea groups is 1. The summed E-state index contributed by atoms with van der Waals surface area (Å²) in [6.07, 6.45) is 3.49. The summed E-state index contributed by atoms with van der Waals surface area (Å²) in [5.74, 6) is -0.297. The van der Waals surface area contributed by atoms with Gasteiger partial charge in [-0.25, -0.2) is 4.79 Å². The Hall–Kier alpha value is -2.41. The fourth-order valence-electron chi connectivity index (χ4n) is 4.01. The molecule has 2 aliphatic rings. The number of hydrogen-bond donors (Lipinski definition) is 2. The number of nitrogens with zero attached hydrogens (tertiary/aromatic N) is 2. The van der Waals surface area contributed by atoms with Crippen LogP contribution in [0.25, 0.3) is 0 Å². The van der Waals surface area contributed by atoms with Gasteiger partial charge in [0.25, 0.3) is 5.91 Å². The molecule has 0 saturated carbocycles. The number of carbonyl (C=O) groups excluding carboxylic acids is 3. The summed E-state index contributed by atoms with van der Waals surface area (Å²) in [6, 6.07) is 9.21. The highest BCUT2D eigenvalue weighted by atomic mass is 16.2. The summed E-state index contributed by atoms with van der Waals surface area (Å²) in [5, 5.41) is 5.69. The van der Waals surface area contributed by atoms with Crippen molar-refractivity contribution in [3.8, 4) is 0 Å². The molecule has 2 heterocycles. The Balaban J connectivity index is 1.40. The first-order chi connectivity index (χ1) is 13.6. The van der Waals surface area contributed by atoms with Crippen molar-refractivity contribution in [3.05, 3.63) is 35.9 Å². The molecule has 0 aliphatic carbocycles. The summed E-state index contributed by atoms with van der Waals surface area (Å²) < 4.78 is 0. The maximum atomic E-state index is 12.5. The minimum atomic E-state index is -0.604. The zero-order valence-corrected chi connectivity index (χ0v) is 16.5. The number of hydrogen-bond acceptors (Lipinski definition) is 4. The van der Waals surface area contributed by atoms with Crippen LogP contribution in [0.15, 0.2) is 30.3 Å².